The number of carbonyl (C=O) groups excluding carboxylic acids is 1. The fourth-order valence-electron chi connectivity index (χ4n) is 6.88. The Morgan fingerprint density at radius 2 is 1.13 bits per heavy atom. The first kappa shape index (κ1) is 34.6. The van der Waals surface area contributed by atoms with Gasteiger partial charge in [0.15, 0.2) is 5.60 Å². The van der Waals surface area contributed by atoms with Crippen LogP contribution in [0.15, 0.2) is 72.8 Å². The quantitative estimate of drug-likeness (QED) is 0.0985. The van der Waals surface area contributed by atoms with Gasteiger partial charge in [-0.15, -0.1) is 22.7 Å². The number of hydrogen-bond donors (Lipinski definition) is 0. The number of esters is 1. The molecule has 0 amide bonds. The van der Waals surface area contributed by atoms with Crippen molar-refractivity contribution in [2.75, 3.05) is 0 Å². The number of para-hydroxylation sites is 2. The van der Waals surface area contributed by atoms with E-state index in [4.69, 9.17) is 89.0 Å². The van der Waals surface area contributed by atoms with Crippen molar-refractivity contribution in [2.24, 2.45) is 0 Å². The van der Waals surface area contributed by atoms with E-state index in [9.17, 15) is 15.3 Å². The van der Waals surface area contributed by atoms with Crippen LogP contribution in [0.2, 0.25) is 30.1 Å². The molecule has 2 aromatic heterocycles. The van der Waals surface area contributed by atoms with Gasteiger partial charge in [-0.3, -0.25) is 0 Å². The van der Waals surface area contributed by atoms with E-state index < -0.39 is 23.4 Å². The number of nitriles is 2. The van der Waals surface area contributed by atoms with Crippen LogP contribution in [0.3, 0.4) is 0 Å². The summed E-state index contributed by atoms with van der Waals surface area (Å²) in [5.41, 5.74) is 0.945. The van der Waals surface area contributed by atoms with Gasteiger partial charge in [-0.05, 0) is 59.7 Å². The summed E-state index contributed by atoms with van der Waals surface area (Å²) in [7, 11) is 0. The molecule has 9 rings (SSSR count). The lowest BCUT2D eigenvalue weighted by molar-refractivity contribution is 0.0224. The fraction of sp³-hybridized carbons (Fsp3) is 0.0789. The number of fused-ring (bicyclic) bond motifs is 8. The number of hydrogen-bond acceptors (Lipinski definition) is 9. The molecule has 2 aliphatic rings. The summed E-state index contributed by atoms with van der Waals surface area (Å²) < 4.78 is 14.7. The van der Waals surface area contributed by atoms with Gasteiger partial charge in [-0.2, -0.15) is 10.5 Å². The zero-order valence-electron chi connectivity index (χ0n) is 26.2. The fourth-order valence-corrected chi connectivity index (χ4v) is 10.6. The van der Waals surface area contributed by atoms with Crippen LogP contribution < -0.4 is 4.74 Å². The van der Waals surface area contributed by atoms with Crippen molar-refractivity contribution in [3.8, 4) is 23.6 Å². The van der Waals surface area contributed by atoms with Crippen molar-refractivity contribution in [3.63, 3.8) is 0 Å². The third-order valence-corrected chi connectivity index (χ3v) is 13.9. The minimum Gasteiger partial charge on any atom is -0.456 e. The number of carbonyl (C=O) groups is 1. The number of aromatic nitrogens is 2. The van der Waals surface area contributed by atoms with Crippen LogP contribution in [0.1, 0.15) is 60.0 Å². The largest absolute Gasteiger partial charge is 0.456 e. The molecule has 2 aliphatic heterocycles. The highest BCUT2D eigenvalue weighted by Gasteiger charge is 2.57. The Morgan fingerprint density at radius 1 is 0.660 bits per heavy atom. The van der Waals surface area contributed by atoms with Gasteiger partial charge in [0.25, 0.3) is 0 Å². The zero-order chi connectivity index (χ0) is 36.9. The number of thiazole rings is 2. The first-order valence-corrected chi connectivity index (χ1v) is 19.4. The summed E-state index contributed by atoms with van der Waals surface area (Å²) in [5, 5.41) is 21.9. The van der Waals surface area contributed by atoms with Crippen LogP contribution in [-0.2, 0) is 10.3 Å². The summed E-state index contributed by atoms with van der Waals surface area (Å²) >= 11 is 43.5. The molecule has 5 aromatic carbocycles. The maximum Gasteiger partial charge on any atom is 0.341 e. The SMILES string of the molecule is N#CC(c1nc2ccccc2s1)c1cc2c(cc1Cl)C1(OC(=O)c3c(Cl)c(Cl)c(Cl)c(Cl)c31)c1cc(Cl)c(C(C#N)c3nc4ccccc4s3)cc1O2. The molecule has 0 saturated heterocycles. The van der Waals surface area contributed by atoms with Gasteiger partial charge < -0.3 is 9.47 Å². The van der Waals surface area contributed by atoms with Gasteiger partial charge in [0, 0.05) is 26.7 Å². The number of nitrogens with zero attached hydrogens (tertiary/aromatic N) is 4. The van der Waals surface area contributed by atoms with Crippen LogP contribution in [0, 0.1) is 22.7 Å². The van der Waals surface area contributed by atoms with Crippen molar-refractivity contribution < 1.29 is 14.3 Å². The van der Waals surface area contributed by atoms with Crippen LogP contribution >= 0.6 is 92.3 Å². The molecular formula is C38H14Cl6N4O3S2. The molecule has 0 aliphatic carbocycles. The summed E-state index contributed by atoms with van der Waals surface area (Å²) in [6.07, 6.45) is 0. The highest BCUT2D eigenvalue weighted by Crippen LogP contribution is 2.62. The third-order valence-electron chi connectivity index (χ3n) is 9.24. The van der Waals surface area contributed by atoms with E-state index in [1.54, 1.807) is 24.3 Å². The van der Waals surface area contributed by atoms with Crippen molar-refractivity contribution in [3.05, 3.63) is 146 Å². The lowest BCUT2D eigenvalue weighted by Gasteiger charge is -2.38. The highest BCUT2D eigenvalue weighted by atomic mass is 35.5. The molecule has 0 bridgehead atoms. The first-order valence-electron chi connectivity index (χ1n) is 15.5. The Balaban J connectivity index is 1.30. The molecule has 0 fully saturated rings. The van der Waals surface area contributed by atoms with Gasteiger partial charge in [-0.25, -0.2) is 14.8 Å². The van der Waals surface area contributed by atoms with E-state index in [0.29, 0.717) is 21.1 Å². The molecule has 1 spiro atoms. The Labute approximate surface area is 338 Å². The standard InChI is InChI=1S/C38H14Cl6N4O3S2/c39-21-11-19-25(9-15(21)17(13-45)35-47-23-5-1-3-7-27(23)52-35)50-26-10-16(18(14-46)36-48-24-6-2-4-8-28(24)53-36)22(40)12-20(26)38(19)30-29(37(49)51-38)31(41)33(43)34(44)32(30)42/h1-12,17-18H. The molecule has 7 nitrogen and oxygen atoms in total. The number of halogens is 6. The zero-order valence-corrected chi connectivity index (χ0v) is 32.3. The highest BCUT2D eigenvalue weighted by molar-refractivity contribution is 7.19. The normalized spacial score (nSPS) is 16.7. The third kappa shape index (κ3) is 5.08. The monoisotopic (exact) mass is 848 g/mol. The maximum absolute atomic E-state index is 13.9. The van der Waals surface area contributed by atoms with Crippen LogP contribution in [0.5, 0.6) is 11.5 Å². The Morgan fingerprint density at radius 3 is 1.60 bits per heavy atom. The predicted octanol–water partition coefficient (Wildman–Crippen LogP) is 12.7. The van der Waals surface area contributed by atoms with Gasteiger partial charge in [0.2, 0.25) is 0 Å². The van der Waals surface area contributed by atoms with Gasteiger partial charge in [-0.1, -0.05) is 93.9 Å². The van der Waals surface area contributed by atoms with E-state index >= 15 is 0 Å². The Kier molecular flexibility index (Phi) is 8.32. The summed E-state index contributed by atoms with van der Waals surface area (Å²) in [6.45, 7) is 0. The average molecular weight is 851 g/mol. The van der Waals surface area contributed by atoms with E-state index in [1.165, 1.54) is 22.7 Å². The molecule has 2 unspecified atom stereocenters. The predicted molar refractivity (Wildman–Crippen MR) is 209 cm³/mol. The molecule has 258 valence electrons. The molecule has 0 radical (unpaired) electrons. The van der Waals surface area contributed by atoms with Crippen molar-refractivity contribution >= 4 is 119 Å². The molecule has 7 aromatic rings. The molecule has 4 heterocycles. The van der Waals surface area contributed by atoms with Crippen molar-refractivity contribution in [1.82, 2.24) is 9.97 Å². The van der Waals surface area contributed by atoms with E-state index in [0.717, 1.165) is 20.4 Å². The lowest BCUT2D eigenvalue weighted by Crippen LogP contribution is -2.33. The molecule has 0 N–H and O–H groups in total. The van der Waals surface area contributed by atoms with Crippen LogP contribution in [0.25, 0.3) is 20.4 Å². The summed E-state index contributed by atoms with van der Waals surface area (Å²) in [5.74, 6) is -2.26. The average Bonchev–Trinajstić information content (AvgIpc) is 3.86. The molecule has 0 saturated carbocycles. The molecule has 15 heteroatoms. The first-order chi connectivity index (χ1) is 25.5. The second kappa shape index (κ2) is 12.7. The number of benzene rings is 5. The second-order valence-corrected chi connectivity index (χ2v) is 16.5. The van der Waals surface area contributed by atoms with Gasteiger partial charge in [0.05, 0.1) is 58.2 Å². The molecule has 2 atom stereocenters. The maximum atomic E-state index is 13.9. The number of ether oxygens (including phenoxy) is 2. The summed E-state index contributed by atoms with van der Waals surface area (Å²) in [6, 6.07) is 26.1. The van der Waals surface area contributed by atoms with Gasteiger partial charge in [0.1, 0.15) is 33.4 Å². The molecule has 53 heavy (non-hydrogen) atoms. The second-order valence-electron chi connectivity index (χ2n) is 12.1. The van der Waals surface area contributed by atoms with E-state index in [2.05, 4.69) is 12.1 Å². The Hall–Kier alpha value is -4.13. The minimum absolute atomic E-state index is 0.0881. The van der Waals surface area contributed by atoms with Crippen LogP contribution in [-0.4, -0.2) is 15.9 Å². The Bertz CT molecular complexity index is 2650. The lowest BCUT2D eigenvalue weighted by atomic mass is 9.76. The minimum atomic E-state index is -1.86. The molecular weight excluding hydrogens is 837 g/mol. The smallest absolute Gasteiger partial charge is 0.341 e. The van der Waals surface area contributed by atoms with Crippen LogP contribution in [0.4, 0.5) is 0 Å². The number of rotatable bonds is 4. The van der Waals surface area contributed by atoms with Gasteiger partial charge >= 0.3 is 5.97 Å². The topological polar surface area (TPSA) is 109 Å². The summed E-state index contributed by atoms with van der Waals surface area (Å²) in [4.78, 5) is 23.3. The van der Waals surface area contributed by atoms with Crippen molar-refractivity contribution in [1.29, 1.82) is 10.5 Å². The van der Waals surface area contributed by atoms with E-state index in [-0.39, 0.29) is 63.9 Å². The van der Waals surface area contributed by atoms with E-state index in [1.807, 2.05) is 48.5 Å². The van der Waals surface area contributed by atoms with Crippen molar-refractivity contribution in [2.45, 2.75) is 17.4 Å².